The molecule has 1 fully saturated rings. The average Bonchev–Trinajstić information content (AvgIpc) is 3.38. The monoisotopic (exact) mass is 480 g/mol. The predicted octanol–water partition coefficient (Wildman–Crippen LogP) is 3.72. The van der Waals surface area contributed by atoms with Crippen LogP contribution in [0.4, 0.5) is 0 Å². The predicted molar refractivity (Wildman–Crippen MR) is 119 cm³/mol. The highest BCUT2D eigenvalue weighted by Gasteiger charge is 2.41. The number of nitrogens with one attached hydrogen (secondary N) is 1. The number of hydrogen-bond acceptors (Lipinski definition) is 7. The second kappa shape index (κ2) is 7.90. The van der Waals surface area contributed by atoms with Crippen LogP contribution in [0.25, 0.3) is 11.4 Å². The van der Waals surface area contributed by atoms with Gasteiger partial charge >= 0.3 is 0 Å². The van der Waals surface area contributed by atoms with Gasteiger partial charge < -0.3 is 4.52 Å². The summed E-state index contributed by atoms with van der Waals surface area (Å²) >= 11 is 3.49. The van der Waals surface area contributed by atoms with Crippen molar-refractivity contribution in [1.29, 1.82) is 0 Å². The molecule has 0 bridgehead atoms. The molecule has 3 heterocycles. The van der Waals surface area contributed by atoms with Gasteiger partial charge in [-0.3, -0.25) is 9.80 Å². The van der Waals surface area contributed by atoms with Crippen LogP contribution in [0.2, 0.25) is 0 Å². The average molecular weight is 481 g/mol. The van der Waals surface area contributed by atoms with Gasteiger partial charge in [-0.05, 0) is 43.5 Å². The number of carbonyl (C=O) groups excluding carboxylic acids is 1. The number of aromatic nitrogens is 2. The molecule has 2 aromatic carbocycles. The van der Waals surface area contributed by atoms with E-state index < -0.39 is 0 Å². The van der Waals surface area contributed by atoms with Crippen molar-refractivity contribution in [2.75, 3.05) is 0 Å². The van der Waals surface area contributed by atoms with Crippen LogP contribution in [0.1, 0.15) is 35.0 Å². The van der Waals surface area contributed by atoms with Gasteiger partial charge in [0.2, 0.25) is 11.7 Å². The van der Waals surface area contributed by atoms with Crippen LogP contribution in [0.3, 0.4) is 0 Å². The normalized spacial score (nSPS) is 20.4. The largest absolute Gasteiger partial charge is 0.337 e. The molecule has 0 saturated carbocycles. The number of nitrogens with zero attached hydrogens (tertiary/aromatic N) is 5. The number of hydrazine groups is 1. The molecule has 2 atom stereocenters. The van der Waals surface area contributed by atoms with Crippen LogP contribution in [-0.2, 0) is 11.3 Å². The minimum atomic E-state index is -0.325. The second-order valence-corrected chi connectivity index (χ2v) is 8.67. The molecule has 2 aliphatic rings. The van der Waals surface area contributed by atoms with Gasteiger partial charge in [-0.2, -0.15) is 10.1 Å². The van der Waals surface area contributed by atoms with Gasteiger partial charge in [0.25, 0.3) is 5.91 Å². The third-order valence-electron chi connectivity index (χ3n) is 5.62. The van der Waals surface area contributed by atoms with Crippen molar-refractivity contribution in [3.63, 3.8) is 0 Å². The van der Waals surface area contributed by atoms with Crippen molar-refractivity contribution in [1.82, 2.24) is 25.6 Å². The molecule has 1 N–H and O–H groups in total. The second-order valence-electron chi connectivity index (χ2n) is 7.82. The van der Waals surface area contributed by atoms with Crippen LogP contribution >= 0.6 is 15.9 Å². The van der Waals surface area contributed by atoms with E-state index in [0.29, 0.717) is 18.1 Å². The summed E-state index contributed by atoms with van der Waals surface area (Å²) in [6.07, 6.45) is 2.32. The fourth-order valence-electron chi connectivity index (χ4n) is 4.07. The summed E-state index contributed by atoms with van der Waals surface area (Å²) in [7, 11) is 0. The lowest BCUT2D eigenvalue weighted by Gasteiger charge is -2.29. The first-order valence-electron chi connectivity index (χ1n) is 10.0. The van der Waals surface area contributed by atoms with E-state index in [2.05, 4.69) is 68.6 Å². The number of carbonyl (C=O) groups is 1. The number of amides is 1. The summed E-state index contributed by atoms with van der Waals surface area (Å²) in [5, 5.41) is 11.5. The summed E-state index contributed by atoms with van der Waals surface area (Å²) in [4.78, 5) is 17.5. The molecule has 1 saturated heterocycles. The molecule has 0 aliphatic carbocycles. The first kappa shape index (κ1) is 19.9. The Bertz CT molecular complexity index is 1180. The Hall–Kier alpha value is -3.04. The number of halogens is 1. The molecule has 0 radical (unpaired) electrons. The topological polar surface area (TPSA) is 86.9 Å². The number of aryl methyl sites for hydroxylation is 2. The molecule has 8 nitrogen and oxygen atoms in total. The molecule has 1 amide bonds. The summed E-state index contributed by atoms with van der Waals surface area (Å²) in [5.74, 6) is 0.708. The third-order valence-corrected chi connectivity index (χ3v) is 6.31. The lowest BCUT2D eigenvalue weighted by Crippen LogP contribution is -2.50. The van der Waals surface area contributed by atoms with E-state index in [4.69, 9.17) is 4.52 Å². The van der Waals surface area contributed by atoms with E-state index in [1.165, 1.54) is 21.7 Å². The summed E-state index contributed by atoms with van der Waals surface area (Å²) in [5.41, 5.74) is 7.86. The molecule has 158 valence electrons. The van der Waals surface area contributed by atoms with E-state index in [9.17, 15) is 4.79 Å². The lowest BCUT2D eigenvalue weighted by atomic mass is 9.96. The Kier molecular flexibility index (Phi) is 5.07. The summed E-state index contributed by atoms with van der Waals surface area (Å²) in [6.45, 7) is 4.31. The molecule has 0 spiro atoms. The van der Waals surface area contributed by atoms with Crippen molar-refractivity contribution >= 4 is 28.2 Å². The Balaban J connectivity index is 1.30. The zero-order valence-electron chi connectivity index (χ0n) is 17.1. The third kappa shape index (κ3) is 3.75. The maximum atomic E-state index is 13.1. The molecule has 3 aromatic rings. The van der Waals surface area contributed by atoms with Crippen molar-refractivity contribution in [3.05, 3.63) is 69.5 Å². The van der Waals surface area contributed by atoms with Crippen molar-refractivity contribution in [2.24, 2.45) is 5.10 Å². The Morgan fingerprint density at radius 2 is 2.06 bits per heavy atom. The van der Waals surface area contributed by atoms with Crippen molar-refractivity contribution < 1.29 is 9.32 Å². The highest BCUT2D eigenvalue weighted by molar-refractivity contribution is 9.10. The maximum absolute atomic E-state index is 13.1. The van der Waals surface area contributed by atoms with Crippen LogP contribution in [0.5, 0.6) is 0 Å². The van der Waals surface area contributed by atoms with Gasteiger partial charge in [0.1, 0.15) is 18.9 Å². The van der Waals surface area contributed by atoms with Gasteiger partial charge in [-0.1, -0.05) is 57.0 Å². The smallest absolute Gasteiger partial charge is 0.267 e. The summed E-state index contributed by atoms with van der Waals surface area (Å²) in [6, 6.07) is 13.8. The molecule has 2 unspecified atom stereocenters. The van der Waals surface area contributed by atoms with Gasteiger partial charge in [-0.25, -0.2) is 10.4 Å². The van der Waals surface area contributed by atoms with Gasteiger partial charge in [-0.15, -0.1) is 0 Å². The van der Waals surface area contributed by atoms with Gasteiger partial charge in [0, 0.05) is 10.0 Å². The van der Waals surface area contributed by atoms with Crippen molar-refractivity contribution in [3.8, 4) is 11.4 Å². The van der Waals surface area contributed by atoms with Gasteiger partial charge in [0.15, 0.2) is 0 Å². The quantitative estimate of drug-likeness (QED) is 0.612. The zero-order valence-corrected chi connectivity index (χ0v) is 18.7. The minimum Gasteiger partial charge on any atom is -0.337 e. The van der Waals surface area contributed by atoms with E-state index >= 15 is 0 Å². The Morgan fingerprint density at radius 3 is 2.87 bits per heavy atom. The van der Waals surface area contributed by atoms with Gasteiger partial charge in [0.05, 0.1) is 6.04 Å². The van der Waals surface area contributed by atoms with Crippen molar-refractivity contribution in [2.45, 2.75) is 38.9 Å². The van der Waals surface area contributed by atoms with E-state index in [-0.39, 0.29) is 24.5 Å². The molecule has 9 heteroatoms. The van der Waals surface area contributed by atoms with E-state index in [0.717, 1.165) is 10.0 Å². The lowest BCUT2D eigenvalue weighted by molar-refractivity contribution is -0.137. The molecule has 31 heavy (non-hydrogen) atoms. The van der Waals surface area contributed by atoms with Crippen LogP contribution in [0.15, 0.2) is 56.6 Å². The van der Waals surface area contributed by atoms with Crippen LogP contribution < -0.4 is 5.43 Å². The Morgan fingerprint density at radius 1 is 1.23 bits per heavy atom. The van der Waals surface area contributed by atoms with E-state index in [1.54, 1.807) is 11.3 Å². The molecule has 1 aromatic heterocycles. The highest BCUT2D eigenvalue weighted by atomic mass is 79.9. The fraction of sp³-hybridized carbons (Fsp3) is 0.273. The van der Waals surface area contributed by atoms with Crippen LogP contribution in [0, 0.1) is 13.8 Å². The molecular formula is C22H21BrN6O2. The number of hydrazone groups is 1. The van der Waals surface area contributed by atoms with Crippen LogP contribution in [-0.4, -0.2) is 38.4 Å². The number of fused-ring (bicyclic) bond motifs is 1. The Labute approximate surface area is 188 Å². The molecule has 2 aliphatic heterocycles. The fourth-order valence-corrected chi connectivity index (χ4v) is 4.53. The SMILES string of the molecule is Cc1ccc(C2CC3C(=O)N(Cc4nc(-c5ccccc5Br)no4)N=CN3N2)c(C)c1. The number of rotatable bonds is 4. The highest BCUT2D eigenvalue weighted by Crippen LogP contribution is 2.32. The summed E-state index contributed by atoms with van der Waals surface area (Å²) < 4.78 is 6.25. The first-order chi connectivity index (χ1) is 15.0. The maximum Gasteiger partial charge on any atom is 0.267 e. The number of hydrogen-bond donors (Lipinski definition) is 1. The minimum absolute atomic E-state index is 0.0615. The first-order valence-corrected chi connectivity index (χ1v) is 10.8. The molecular weight excluding hydrogens is 460 g/mol. The number of benzene rings is 2. The van der Waals surface area contributed by atoms with E-state index in [1.807, 2.05) is 24.3 Å². The molecule has 5 rings (SSSR count). The zero-order chi connectivity index (χ0) is 21.5. The standard InChI is InChI=1S/C22H21BrN6O2/c1-13-7-8-15(14(2)9-13)18-10-19-22(30)28(24-12-29(19)26-18)11-20-25-21(27-31-20)16-5-3-4-6-17(16)23/h3-9,12,18-19,26H,10-11H2,1-2H3.